The van der Waals surface area contributed by atoms with Crippen LogP contribution in [0, 0.1) is 0 Å². The van der Waals surface area contributed by atoms with Gasteiger partial charge >= 0.3 is 0 Å². The van der Waals surface area contributed by atoms with Crippen LogP contribution >= 0.6 is 24.0 Å². The van der Waals surface area contributed by atoms with Crippen LogP contribution in [0.4, 0.5) is 5.69 Å². The number of nitrogens with zero attached hydrogens (tertiary/aromatic N) is 2. The number of para-hydroxylation sites is 1. The molecule has 1 heterocycles. The number of nitrogens with one attached hydrogen (secondary N) is 1. The minimum Gasteiger partial charge on any atom is -0.497 e. The van der Waals surface area contributed by atoms with Crippen molar-refractivity contribution < 1.29 is 4.74 Å². The number of aromatic nitrogens is 1. The normalized spacial score (nSPS) is 11.0. The number of hydrogen-bond donors (Lipinski definition) is 2. The maximum atomic E-state index is 5.96. The Kier molecular flexibility index (Phi) is 6.36. The number of nitrogens with two attached hydrogens (primary N) is 1. The number of anilines is 1. The molecule has 0 unspecified atom stereocenters. The van der Waals surface area contributed by atoms with E-state index in [1.165, 1.54) is 0 Å². The highest BCUT2D eigenvalue weighted by molar-refractivity contribution is 14.0. The maximum absolute atomic E-state index is 5.96. The zero-order valence-corrected chi connectivity index (χ0v) is 15.6. The number of benzene rings is 2. The van der Waals surface area contributed by atoms with Crippen LogP contribution in [0.5, 0.6) is 5.75 Å². The van der Waals surface area contributed by atoms with E-state index in [0.717, 1.165) is 27.9 Å². The van der Waals surface area contributed by atoms with Crippen molar-refractivity contribution in [2.75, 3.05) is 12.4 Å². The number of halogens is 1. The Hall–Kier alpha value is -2.35. The number of guanidine groups is 1. The van der Waals surface area contributed by atoms with Crippen LogP contribution < -0.4 is 15.8 Å². The van der Waals surface area contributed by atoms with Crippen LogP contribution in [0.25, 0.3) is 10.9 Å². The van der Waals surface area contributed by atoms with Gasteiger partial charge in [0.25, 0.3) is 0 Å². The summed E-state index contributed by atoms with van der Waals surface area (Å²) in [5.74, 6) is 1.16. The molecular weight excluding hydrogens is 415 g/mol. The Balaban J connectivity index is 0.00000208. The van der Waals surface area contributed by atoms with E-state index in [1.54, 1.807) is 13.3 Å². The van der Waals surface area contributed by atoms with Gasteiger partial charge in [-0.15, -0.1) is 24.0 Å². The highest BCUT2D eigenvalue weighted by Gasteiger charge is 2.01. The summed E-state index contributed by atoms with van der Waals surface area (Å²) in [4.78, 5) is 8.81. The summed E-state index contributed by atoms with van der Waals surface area (Å²) >= 11 is 0. The quantitative estimate of drug-likeness (QED) is 0.373. The van der Waals surface area contributed by atoms with Crippen molar-refractivity contribution in [2.45, 2.75) is 6.54 Å². The lowest BCUT2D eigenvalue weighted by atomic mass is 10.1. The second kappa shape index (κ2) is 8.49. The first-order valence-corrected chi connectivity index (χ1v) is 7.30. The summed E-state index contributed by atoms with van der Waals surface area (Å²) in [6, 6.07) is 17.5. The summed E-state index contributed by atoms with van der Waals surface area (Å²) in [6.45, 7) is 0.476. The molecule has 24 heavy (non-hydrogen) atoms. The minimum atomic E-state index is 0. The fraction of sp³-hybridized carbons (Fsp3) is 0.111. The van der Waals surface area contributed by atoms with E-state index < -0.39 is 0 Å². The Morgan fingerprint density at radius 2 is 1.88 bits per heavy atom. The molecule has 124 valence electrons. The summed E-state index contributed by atoms with van der Waals surface area (Å²) in [6.07, 6.45) is 1.79. The Bertz CT molecular complexity index is 829. The van der Waals surface area contributed by atoms with Gasteiger partial charge in [0.2, 0.25) is 0 Å². The molecule has 0 fully saturated rings. The third kappa shape index (κ3) is 4.35. The van der Waals surface area contributed by atoms with Gasteiger partial charge in [-0.1, -0.05) is 24.3 Å². The number of methoxy groups -OCH3 is 1. The first kappa shape index (κ1) is 18.0. The average molecular weight is 434 g/mol. The highest BCUT2D eigenvalue weighted by Crippen LogP contribution is 2.17. The van der Waals surface area contributed by atoms with Gasteiger partial charge in [-0.05, 0) is 35.9 Å². The van der Waals surface area contributed by atoms with Crippen LogP contribution in [-0.4, -0.2) is 18.1 Å². The standard InChI is InChI=1S/C18H18N4O.HI/c1-23-16-9-7-15(8-10-16)22-18(19)21-12-14-5-2-4-13-6-3-11-20-17(13)14;/h2-11H,12H2,1H3,(H3,19,21,22);1H. The van der Waals surface area contributed by atoms with Gasteiger partial charge in [0, 0.05) is 17.3 Å². The maximum Gasteiger partial charge on any atom is 0.193 e. The van der Waals surface area contributed by atoms with Crippen molar-refractivity contribution in [3.8, 4) is 5.75 Å². The van der Waals surface area contributed by atoms with Crippen LogP contribution in [0.2, 0.25) is 0 Å². The second-order valence-corrected chi connectivity index (χ2v) is 5.05. The number of pyridine rings is 1. The van der Waals surface area contributed by atoms with Crippen molar-refractivity contribution in [2.24, 2.45) is 10.7 Å². The second-order valence-electron chi connectivity index (χ2n) is 5.05. The van der Waals surface area contributed by atoms with Crippen molar-refractivity contribution in [1.82, 2.24) is 4.98 Å². The molecule has 0 atom stereocenters. The summed E-state index contributed by atoms with van der Waals surface area (Å²) in [5.41, 5.74) is 8.82. The molecule has 0 saturated carbocycles. The Morgan fingerprint density at radius 1 is 1.12 bits per heavy atom. The molecule has 0 radical (unpaired) electrons. The topological polar surface area (TPSA) is 72.5 Å². The monoisotopic (exact) mass is 434 g/mol. The molecule has 3 aromatic rings. The van der Waals surface area contributed by atoms with Gasteiger partial charge in [0.15, 0.2) is 5.96 Å². The molecule has 0 aliphatic carbocycles. The van der Waals surface area contributed by atoms with E-state index in [4.69, 9.17) is 10.5 Å². The predicted octanol–water partition coefficient (Wildman–Crippen LogP) is 3.79. The van der Waals surface area contributed by atoms with Crippen LogP contribution in [-0.2, 0) is 6.54 Å². The molecule has 0 aliphatic heterocycles. The number of ether oxygens (including phenoxy) is 1. The lowest BCUT2D eigenvalue weighted by molar-refractivity contribution is 0.415. The molecule has 0 saturated heterocycles. The van der Waals surface area contributed by atoms with Gasteiger partial charge in [-0.3, -0.25) is 4.98 Å². The summed E-state index contributed by atoms with van der Waals surface area (Å²) in [5, 5.41) is 4.16. The molecular formula is C18H19IN4O. The molecule has 5 nitrogen and oxygen atoms in total. The molecule has 0 aliphatic rings. The molecule has 1 aromatic heterocycles. The SMILES string of the molecule is COc1ccc(NC(N)=NCc2cccc3cccnc23)cc1.I. The molecule has 0 spiro atoms. The van der Waals surface area contributed by atoms with E-state index in [-0.39, 0.29) is 24.0 Å². The number of rotatable bonds is 4. The van der Waals surface area contributed by atoms with E-state index in [1.807, 2.05) is 54.6 Å². The average Bonchev–Trinajstić information content (AvgIpc) is 2.60. The first-order valence-electron chi connectivity index (χ1n) is 7.30. The van der Waals surface area contributed by atoms with Crippen LogP contribution in [0.1, 0.15) is 5.56 Å². The lowest BCUT2D eigenvalue weighted by Gasteiger charge is -2.07. The molecule has 3 N–H and O–H groups in total. The van der Waals surface area contributed by atoms with Crippen LogP contribution in [0.3, 0.4) is 0 Å². The van der Waals surface area contributed by atoms with Crippen molar-refractivity contribution in [3.63, 3.8) is 0 Å². The highest BCUT2D eigenvalue weighted by atomic mass is 127. The molecule has 6 heteroatoms. The molecule has 3 rings (SSSR count). The number of fused-ring (bicyclic) bond motifs is 1. The zero-order chi connectivity index (χ0) is 16.1. The van der Waals surface area contributed by atoms with E-state index in [2.05, 4.69) is 15.3 Å². The predicted molar refractivity (Wildman–Crippen MR) is 109 cm³/mol. The van der Waals surface area contributed by atoms with E-state index in [0.29, 0.717) is 12.5 Å². The van der Waals surface area contributed by atoms with E-state index >= 15 is 0 Å². The fourth-order valence-corrected chi connectivity index (χ4v) is 2.33. The van der Waals surface area contributed by atoms with E-state index in [9.17, 15) is 0 Å². The summed E-state index contributed by atoms with van der Waals surface area (Å²) in [7, 11) is 1.64. The lowest BCUT2D eigenvalue weighted by Crippen LogP contribution is -2.22. The van der Waals surface area contributed by atoms with Gasteiger partial charge in [-0.25, -0.2) is 4.99 Å². The first-order chi connectivity index (χ1) is 11.3. The molecule has 0 amide bonds. The third-order valence-corrected chi connectivity index (χ3v) is 3.50. The molecule has 0 bridgehead atoms. The molecule has 2 aromatic carbocycles. The number of hydrogen-bond acceptors (Lipinski definition) is 3. The fourth-order valence-electron chi connectivity index (χ4n) is 2.33. The number of aliphatic imine (C=N–C) groups is 1. The van der Waals surface area contributed by atoms with Crippen molar-refractivity contribution in [1.29, 1.82) is 0 Å². The smallest absolute Gasteiger partial charge is 0.193 e. The Morgan fingerprint density at radius 3 is 2.62 bits per heavy atom. The van der Waals surface area contributed by atoms with Gasteiger partial charge in [0.1, 0.15) is 5.75 Å². The van der Waals surface area contributed by atoms with Crippen molar-refractivity contribution >= 4 is 46.5 Å². The van der Waals surface area contributed by atoms with Gasteiger partial charge in [0.05, 0.1) is 19.2 Å². The van der Waals surface area contributed by atoms with Crippen molar-refractivity contribution in [3.05, 3.63) is 66.4 Å². The zero-order valence-electron chi connectivity index (χ0n) is 13.3. The summed E-state index contributed by atoms with van der Waals surface area (Å²) < 4.78 is 5.12. The Labute approximate surface area is 158 Å². The largest absolute Gasteiger partial charge is 0.497 e. The van der Waals surface area contributed by atoms with Crippen LogP contribution in [0.15, 0.2) is 65.8 Å². The third-order valence-electron chi connectivity index (χ3n) is 3.50. The van der Waals surface area contributed by atoms with Gasteiger partial charge < -0.3 is 15.8 Å². The van der Waals surface area contributed by atoms with Gasteiger partial charge in [-0.2, -0.15) is 0 Å². The minimum absolute atomic E-state index is 0.